The monoisotopic (exact) mass is 1460 g/mol. The van der Waals surface area contributed by atoms with Crippen LogP contribution in [-0.2, 0) is 26.4 Å². The largest absolute Gasteiger partial charge is 0.417 e. The normalized spacial score (nSPS) is 18.5. The number of nitrogens with one attached hydrogen (secondary N) is 1. The lowest BCUT2D eigenvalue weighted by atomic mass is 9.70. The molecule has 3 aromatic heterocycles. The number of hydrogen-bond acceptors (Lipinski definition) is 11. The number of fused-ring (bicyclic) bond motifs is 6. The van der Waals surface area contributed by atoms with E-state index in [1.165, 1.54) is 39.8 Å². The molecule has 1 amide bonds. The second kappa shape index (κ2) is 34.4. The van der Waals surface area contributed by atoms with Gasteiger partial charge in [-0.25, -0.2) is 9.78 Å². The van der Waals surface area contributed by atoms with Gasteiger partial charge >= 0.3 is 6.09 Å². The standard InChI is InChI=1S/C20H18N2O2.C12H11BrN2.C12H12N2.C12H17NO.C12H14O.C12H16O.C12H14/c1-14-8-10-17(11-9-14)24-20(23)22-18-12-15(2)13-21-19(18)16-6-4-3-5-7-16;1-8-7-10(14)11(15-12(8)13)9-5-3-2-4-6-9;1-9-7-11(13)12(14-8-9)10-5-3-2-4-6-10;1-12(2)7-10(14)11(13)8-5-3-4-6-9(8)12;1-12(2)7-10-11(13-10)8-5-3-4-6-9(8)12;1-12(2)8-7-11(13)9-5-3-4-6-10(9)12;1-12(2)9-5-7-10-6-3-4-8-11(10)12/h3-13H,1-2H3,(H,22,23);2-7H,14H2,1H3;2-8H,13H2,1H3;3-6,10-11,14H,7,13H2,1-2H3;3-6,10-11H,7H2,1-2H3;3-6,11,13H,7-8H2,1-2H3;3-8H,9H2,1-2H3/t;;;10-,11-;;;/m...1.../s1. The number of allylic oxidation sites excluding steroid dienone is 1. The van der Waals surface area contributed by atoms with Gasteiger partial charge in [0.25, 0.3) is 0 Å². The molecule has 11 aromatic rings. The molecule has 105 heavy (non-hydrogen) atoms. The molecule has 5 atom stereocenters. The van der Waals surface area contributed by atoms with Crippen LogP contribution in [0.4, 0.5) is 21.9 Å². The Morgan fingerprint density at radius 1 is 0.524 bits per heavy atom. The average molecular weight is 1470 g/mol. The van der Waals surface area contributed by atoms with Gasteiger partial charge < -0.3 is 36.9 Å². The number of aryl methyl sites for hydroxylation is 4. The topological polar surface area (TPSA) is 208 Å². The summed E-state index contributed by atoms with van der Waals surface area (Å²) in [5, 5.41) is 22.4. The Kier molecular flexibility index (Phi) is 25.5. The van der Waals surface area contributed by atoms with Gasteiger partial charge in [-0.1, -0.05) is 273 Å². The number of anilines is 3. The van der Waals surface area contributed by atoms with Gasteiger partial charge in [0.2, 0.25) is 0 Å². The molecule has 0 bridgehead atoms. The number of benzene rings is 8. The van der Waals surface area contributed by atoms with E-state index in [0.717, 1.165) is 97.4 Å². The first-order valence-electron chi connectivity index (χ1n) is 36.2. The molecule has 4 aliphatic carbocycles. The molecular formula is C92H102BrN7O5. The summed E-state index contributed by atoms with van der Waals surface area (Å²) in [5.74, 6) is 0.500. The molecule has 0 spiro atoms. The Morgan fingerprint density at radius 2 is 1.00 bits per heavy atom. The van der Waals surface area contributed by atoms with Crippen LogP contribution in [0.5, 0.6) is 5.75 Å². The van der Waals surface area contributed by atoms with Gasteiger partial charge in [0, 0.05) is 29.1 Å². The van der Waals surface area contributed by atoms with Crippen LogP contribution in [0, 0.1) is 27.7 Å². The number of rotatable bonds is 5. The van der Waals surface area contributed by atoms with Crippen LogP contribution < -0.4 is 27.3 Å². The SMILES string of the molecule is CC1(C)CC2OC2c2ccccc21.CC1(C)CC=Cc2ccccc21.CC1(C)CCC(O)c2ccccc21.CC1(C)C[C@@H](O)[C@H](N)c2ccccc21.Cc1cc(N)c(-c2ccccc2)nc1Br.Cc1ccc(OC(=O)Nc2cc(C)cnc2-c2ccccc2)cc1.Cc1cnc(-c2ccccc2)c(N)c1. The number of ether oxygens (including phenoxy) is 2. The summed E-state index contributed by atoms with van der Waals surface area (Å²) in [6, 6.07) is 76.2. The number of epoxide rings is 1. The molecule has 4 heterocycles. The number of nitrogens with zero attached hydrogens (tertiary/aromatic N) is 3. The predicted molar refractivity (Wildman–Crippen MR) is 436 cm³/mol. The number of aliphatic hydroxyl groups is 2. The van der Waals surface area contributed by atoms with Crippen molar-refractivity contribution in [2.24, 2.45) is 5.73 Å². The lowest BCUT2D eigenvalue weighted by Crippen LogP contribution is -2.39. The lowest BCUT2D eigenvalue weighted by Gasteiger charge is -2.38. The summed E-state index contributed by atoms with van der Waals surface area (Å²) < 4.78 is 11.8. The Hall–Kier alpha value is -9.86. The van der Waals surface area contributed by atoms with Crippen molar-refractivity contribution in [3.05, 3.63) is 320 Å². The fraction of sp³-hybridized carbons (Fsp3) is 0.283. The number of aliphatic hydroxyl groups excluding tert-OH is 2. The van der Waals surface area contributed by atoms with Crippen LogP contribution in [0.3, 0.4) is 0 Å². The van der Waals surface area contributed by atoms with Crippen molar-refractivity contribution in [1.29, 1.82) is 0 Å². The molecule has 1 aliphatic heterocycles. The van der Waals surface area contributed by atoms with Gasteiger partial charge in [-0.15, -0.1) is 0 Å². The third kappa shape index (κ3) is 20.2. The molecule has 542 valence electrons. The van der Waals surface area contributed by atoms with E-state index in [1.54, 1.807) is 18.3 Å². The van der Waals surface area contributed by atoms with E-state index >= 15 is 0 Å². The highest BCUT2D eigenvalue weighted by Gasteiger charge is 2.50. The first kappa shape index (κ1) is 77.7. The van der Waals surface area contributed by atoms with Gasteiger partial charge in [0.05, 0.1) is 58.5 Å². The van der Waals surface area contributed by atoms with E-state index in [4.69, 9.17) is 26.7 Å². The van der Waals surface area contributed by atoms with E-state index in [1.807, 2.05) is 186 Å². The third-order valence-electron chi connectivity index (χ3n) is 20.0. The summed E-state index contributed by atoms with van der Waals surface area (Å²) in [4.78, 5) is 25.4. The number of hydrogen-bond donors (Lipinski definition) is 6. The Morgan fingerprint density at radius 3 is 1.58 bits per heavy atom. The van der Waals surface area contributed by atoms with E-state index in [9.17, 15) is 15.0 Å². The number of pyridine rings is 3. The van der Waals surface area contributed by atoms with Gasteiger partial charge in [0.1, 0.15) is 16.5 Å². The fourth-order valence-corrected chi connectivity index (χ4v) is 14.5. The molecule has 3 unspecified atom stereocenters. The van der Waals surface area contributed by atoms with Gasteiger partial charge in [-0.3, -0.25) is 15.3 Å². The van der Waals surface area contributed by atoms with Crippen molar-refractivity contribution in [2.75, 3.05) is 16.8 Å². The molecule has 8 aromatic carbocycles. The number of nitrogens with two attached hydrogens (primary N) is 3. The summed E-state index contributed by atoms with van der Waals surface area (Å²) >= 11 is 3.41. The minimum atomic E-state index is -0.538. The number of carbonyl (C=O) groups excluding carboxylic acids is 1. The molecular weight excluding hydrogens is 1360 g/mol. The Balaban J connectivity index is 0.000000133. The predicted octanol–water partition coefficient (Wildman–Crippen LogP) is 21.7. The number of aromatic nitrogens is 3. The molecule has 0 saturated carbocycles. The zero-order chi connectivity index (χ0) is 75.2. The van der Waals surface area contributed by atoms with E-state index < -0.39 is 12.2 Å². The molecule has 9 N–H and O–H groups in total. The third-order valence-corrected chi connectivity index (χ3v) is 20.9. The number of halogens is 1. The second-order valence-corrected chi connectivity index (χ2v) is 31.2. The Bertz CT molecular complexity index is 4720. The summed E-state index contributed by atoms with van der Waals surface area (Å²) in [7, 11) is 0. The number of nitrogen functional groups attached to an aromatic ring is 2. The highest BCUT2D eigenvalue weighted by Crippen LogP contribution is 2.53. The molecule has 12 nitrogen and oxygen atoms in total. The van der Waals surface area contributed by atoms with Crippen LogP contribution in [0.2, 0.25) is 0 Å². The maximum Gasteiger partial charge on any atom is 0.417 e. The van der Waals surface area contributed by atoms with Gasteiger partial charge in [0.15, 0.2) is 0 Å². The summed E-state index contributed by atoms with van der Waals surface area (Å²) in [6.45, 7) is 25.9. The number of amides is 1. The van der Waals surface area contributed by atoms with Crippen LogP contribution in [0.1, 0.15) is 173 Å². The van der Waals surface area contributed by atoms with Crippen LogP contribution in [0.15, 0.2) is 254 Å². The minimum Gasteiger partial charge on any atom is -0.410 e. The highest BCUT2D eigenvalue weighted by molar-refractivity contribution is 9.10. The minimum absolute atomic E-state index is 0.0336. The van der Waals surface area contributed by atoms with Gasteiger partial charge in [-0.05, 0) is 189 Å². The molecule has 16 rings (SSSR count). The smallest absolute Gasteiger partial charge is 0.410 e. The zero-order valence-corrected chi connectivity index (χ0v) is 64.3. The Labute approximate surface area is 630 Å². The maximum absolute atomic E-state index is 12.2. The van der Waals surface area contributed by atoms with E-state index in [2.05, 4.69) is 170 Å². The first-order chi connectivity index (χ1) is 50.1. The van der Waals surface area contributed by atoms with Crippen molar-refractivity contribution in [3.8, 4) is 39.5 Å². The molecule has 5 aliphatic rings. The molecule has 0 radical (unpaired) electrons. The summed E-state index contributed by atoms with van der Waals surface area (Å²) in [6.07, 6.45) is 12.9. The average Bonchev–Trinajstić information content (AvgIpc) is 1.59. The van der Waals surface area contributed by atoms with E-state index in [0.29, 0.717) is 45.9 Å². The van der Waals surface area contributed by atoms with Crippen LogP contribution in [-0.4, -0.2) is 43.5 Å². The lowest BCUT2D eigenvalue weighted by molar-refractivity contribution is 0.0995. The van der Waals surface area contributed by atoms with Crippen LogP contribution in [0.25, 0.3) is 39.8 Å². The van der Waals surface area contributed by atoms with E-state index in [-0.39, 0.29) is 23.0 Å². The van der Waals surface area contributed by atoms with Crippen molar-refractivity contribution >= 4 is 45.2 Å². The van der Waals surface area contributed by atoms with Crippen molar-refractivity contribution in [1.82, 2.24) is 15.0 Å². The van der Waals surface area contributed by atoms with Crippen molar-refractivity contribution < 1.29 is 24.5 Å². The summed E-state index contributed by atoms with van der Waals surface area (Å²) in [5.41, 5.74) is 40.9. The highest BCUT2D eigenvalue weighted by atomic mass is 79.9. The van der Waals surface area contributed by atoms with Crippen molar-refractivity contribution in [2.45, 2.75) is 167 Å². The quantitative estimate of drug-likeness (QED) is 0.0706. The van der Waals surface area contributed by atoms with Crippen molar-refractivity contribution in [3.63, 3.8) is 0 Å². The molecule has 1 saturated heterocycles. The maximum atomic E-state index is 12.2. The number of carbonyl (C=O) groups is 1. The fourth-order valence-electron chi connectivity index (χ4n) is 14.2. The molecule has 13 heteroatoms. The second-order valence-electron chi connectivity index (χ2n) is 30.5. The zero-order valence-electron chi connectivity index (χ0n) is 62.7. The van der Waals surface area contributed by atoms with Crippen LogP contribution >= 0.6 is 15.9 Å². The molecule has 1 fully saturated rings. The van der Waals surface area contributed by atoms with Gasteiger partial charge in [-0.2, -0.15) is 0 Å². The first-order valence-corrected chi connectivity index (χ1v) is 37.0.